The first-order valence-corrected chi connectivity index (χ1v) is 9.56. The van der Waals surface area contributed by atoms with E-state index in [4.69, 9.17) is 5.73 Å². The van der Waals surface area contributed by atoms with Crippen molar-refractivity contribution in [3.05, 3.63) is 51.4 Å². The minimum absolute atomic E-state index is 0.0681. The number of rotatable bonds is 4. The zero-order valence-corrected chi connectivity index (χ0v) is 16.2. The highest BCUT2D eigenvalue weighted by Gasteiger charge is 2.31. The number of carbonyl (C=O) groups excluding carboxylic acids is 2. The van der Waals surface area contributed by atoms with Gasteiger partial charge in [0, 0.05) is 29.6 Å². The summed E-state index contributed by atoms with van der Waals surface area (Å²) in [4.78, 5) is 27.7. The lowest BCUT2D eigenvalue weighted by Crippen LogP contribution is -2.35. The number of nitrogens with two attached hydrogens (primary N) is 1. The number of alkyl halides is 3. The molecule has 5 nitrogen and oxygen atoms in total. The Morgan fingerprint density at radius 1 is 1.21 bits per heavy atom. The van der Waals surface area contributed by atoms with Gasteiger partial charge in [0.1, 0.15) is 5.00 Å². The van der Waals surface area contributed by atoms with Crippen LogP contribution in [0.25, 0.3) is 0 Å². The highest BCUT2D eigenvalue weighted by atomic mass is 32.1. The zero-order chi connectivity index (χ0) is 20.6. The Morgan fingerprint density at radius 3 is 2.39 bits per heavy atom. The summed E-state index contributed by atoms with van der Waals surface area (Å²) in [7, 11) is 0. The summed E-state index contributed by atoms with van der Waals surface area (Å²) in [6, 6.07) is 4.26. The summed E-state index contributed by atoms with van der Waals surface area (Å²) in [5, 5.41) is 2.99. The number of primary amides is 1. The molecule has 0 fully saturated rings. The molecule has 2 aromatic rings. The molecule has 9 heteroatoms. The van der Waals surface area contributed by atoms with E-state index in [2.05, 4.69) is 24.1 Å². The zero-order valence-electron chi connectivity index (χ0n) is 15.4. The molecule has 1 aromatic carbocycles. The predicted molar refractivity (Wildman–Crippen MR) is 101 cm³/mol. The number of anilines is 1. The smallest absolute Gasteiger partial charge is 0.365 e. The van der Waals surface area contributed by atoms with Gasteiger partial charge in [-0.15, -0.1) is 11.3 Å². The fourth-order valence-electron chi connectivity index (χ4n) is 3.20. The van der Waals surface area contributed by atoms with Crippen LogP contribution in [-0.2, 0) is 19.1 Å². The molecule has 1 aliphatic heterocycles. The number of benzene rings is 1. The lowest BCUT2D eigenvalue weighted by atomic mass is 10.0. The summed E-state index contributed by atoms with van der Waals surface area (Å²) in [5.41, 5.74) is 5.91. The normalized spacial score (nSPS) is 14.8. The van der Waals surface area contributed by atoms with Gasteiger partial charge in [0.05, 0.1) is 11.1 Å². The Hall–Kier alpha value is -2.39. The van der Waals surface area contributed by atoms with E-state index >= 15 is 0 Å². The number of nitrogens with one attached hydrogen (secondary N) is 1. The van der Waals surface area contributed by atoms with Crippen LogP contribution in [0.2, 0.25) is 0 Å². The number of carbonyl (C=O) groups is 2. The third-order valence-electron chi connectivity index (χ3n) is 4.76. The van der Waals surface area contributed by atoms with E-state index in [0.29, 0.717) is 29.6 Å². The molecule has 2 heterocycles. The van der Waals surface area contributed by atoms with Gasteiger partial charge in [0.25, 0.3) is 11.8 Å². The molecule has 0 saturated heterocycles. The second-order valence-corrected chi connectivity index (χ2v) is 8.02. The second kappa shape index (κ2) is 7.56. The number of amides is 2. The number of hydrogen-bond acceptors (Lipinski definition) is 4. The first kappa shape index (κ1) is 20.3. The summed E-state index contributed by atoms with van der Waals surface area (Å²) in [6.45, 7) is 5.61. The van der Waals surface area contributed by atoms with E-state index in [1.54, 1.807) is 0 Å². The van der Waals surface area contributed by atoms with Crippen LogP contribution < -0.4 is 11.1 Å². The van der Waals surface area contributed by atoms with E-state index in [9.17, 15) is 22.8 Å². The molecule has 0 atom stereocenters. The first-order chi connectivity index (χ1) is 13.1. The van der Waals surface area contributed by atoms with Crippen molar-refractivity contribution in [2.45, 2.75) is 39.0 Å². The largest absolute Gasteiger partial charge is 0.416 e. The number of thiophene rings is 1. The first-order valence-electron chi connectivity index (χ1n) is 8.75. The standard InChI is InChI=1S/C19H20F3N3O2S/c1-10(2)25-8-7-13-14(9-25)28-18(15(13)16(23)26)24-17(27)11-3-5-12(6-4-11)19(20,21)22/h3-6,10H,7-9H2,1-2H3,(H2,23,26)(H,24,27). The van der Waals surface area contributed by atoms with E-state index in [1.165, 1.54) is 11.3 Å². The van der Waals surface area contributed by atoms with E-state index in [1.807, 2.05) is 0 Å². The van der Waals surface area contributed by atoms with Crippen LogP contribution in [0, 0.1) is 0 Å². The van der Waals surface area contributed by atoms with Gasteiger partial charge in [-0.25, -0.2) is 0 Å². The van der Waals surface area contributed by atoms with Crippen LogP contribution in [0.15, 0.2) is 24.3 Å². The number of halogens is 3. The van der Waals surface area contributed by atoms with Crippen molar-refractivity contribution in [3.8, 4) is 0 Å². The average Bonchev–Trinajstić information content (AvgIpc) is 2.98. The molecule has 1 aromatic heterocycles. The lowest BCUT2D eigenvalue weighted by Gasteiger charge is -2.30. The molecule has 3 N–H and O–H groups in total. The van der Waals surface area contributed by atoms with Crippen molar-refractivity contribution in [2.24, 2.45) is 5.73 Å². The Labute approximate surface area is 164 Å². The van der Waals surface area contributed by atoms with E-state index < -0.39 is 23.6 Å². The highest BCUT2D eigenvalue weighted by Crippen LogP contribution is 2.37. The van der Waals surface area contributed by atoms with Crippen LogP contribution in [0.5, 0.6) is 0 Å². The van der Waals surface area contributed by atoms with Gasteiger partial charge < -0.3 is 11.1 Å². The molecule has 0 unspecified atom stereocenters. The van der Waals surface area contributed by atoms with Crippen molar-refractivity contribution in [1.82, 2.24) is 4.90 Å². The Balaban J connectivity index is 1.86. The summed E-state index contributed by atoms with van der Waals surface area (Å²) >= 11 is 1.29. The predicted octanol–water partition coefficient (Wildman–Crippen LogP) is 3.88. The molecule has 0 bridgehead atoms. The molecule has 0 radical (unpaired) electrons. The molecule has 150 valence electrons. The van der Waals surface area contributed by atoms with Gasteiger partial charge in [-0.05, 0) is 50.1 Å². The van der Waals surface area contributed by atoms with E-state index in [0.717, 1.165) is 41.3 Å². The fraction of sp³-hybridized carbons (Fsp3) is 0.368. The van der Waals surface area contributed by atoms with Crippen LogP contribution in [-0.4, -0.2) is 29.3 Å². The molecule has 0 aliphatic carbocycles. The molecule has 2 amide bonds. The molecular weight excluding hydrogens is 391 g/mol. The number of hydrogen-bond donors (Lipinski definition) is 2. The van der Waals surface area contributed by atoms with Gasteiger partial charge in [0.2, 0.25) is 0 Å². The quantitative estimate of drug-likeness (QED) is 0.802. The minimum atomic E-state index is -4.47. The van der Waals surface area contributed by atoms with Crippen LogP contribution >= 0.6 is 11.3 Å². The monoisotopic (exact) mass is 411 g/mol. The third kappa shape index (κ3) is 4.05. The van der Waals surface area contributed by atoms with Crippen molar-refractivity contribution >= 4 is 28.2 Å². The van der Waals surface area contributed by atoms with Crippen molar-refractivity contribution in [2.75, 3.05) is 11.9 Å². The maximum absolute atomic E-state index is 12.7. The number of nitrogens with zero attached hydrogens (tertiary/aromatic N) is 1. The second-order valence-electron chi connectivity index (χ2n) is 6.92. The van der Waals surface area contributed by atoms with Crippen molar-refractivity contribution in [3.63, 3.8) is 0 Å². The van der Waals surface area contributed by atoms with Crippen LogP contribution in [0.4, 0.5) is 18.2 Å². The van der Waals surface area contributed by atoms with Gasteiger partial charge in [-0.2, -0.15) is 13.2 Å². The molecule has 3 rings (SSSR count). The topological polar surface area (TPSA) is 75.4 Å². The average molecular weight is 411 g/mol. The molecule has 1 aliphatic rings. The molecule has 0 spiro atoms. The number of fused-ring (bicyclic) bond motifs is 1. The SMILES string of the molecule is CC(C)N1CCc2c(sc(NC(=O)c3ccc(C(F)(F)F)cc3)c2C(N)=O)C1. The Morgan fingerprint density at radius 2 is 1.86 bits per heavy atom. The van der Waals surface area contributed by atoms with Crippen LogP contribution in [0.1, 0.15) is 50.6 Å². The summed E-state index contributed by atoms with van der Waals surface area (Å²) in [5.74, 6) is -1.21. The lowest BCUT2D eigenvalue weighted by molar-refractivity contribution is -0.137. The maximum atomic E-state index is 12.7. The third-order valence-corrected chi connectivity index (χ3v) is 5.90. The molecule has 0 saturated carbocycles. The fourth-order valence-corrected chi connectivity index (χ4v) is 4.47. The molecule has 28 heavy (non-hydrogen) atoms. The summed E-state index contributed by atoms with van der Waals surface area (Å²) in [6.07, 6.45) is -3.82. The highest BCUT2D eigenvalue weighted by molar-refractivity contribution is 7.17. The minimum Gasteiger partial charge on any atom is -0.365 e. The van der Waals surface area contributed by atoms with Crippen LogP contribution in [0.3, 0.4) is 0 Å². The van der Waals surface area contributed by atoms with Gasteiger partial charge in [-0.1, -0.05) is 0 Å². The van der Waals surface area contributed by atoms with Gasteiger partial charge in [-0.3, -0.25) is 14.5 Å². The van der Waals surface area contributed by atoms with Gasteiger partial charge in [0.15, 0.2) is 0 Å². The summed E-state index contributed by atoms with van der Waals surface area (Å²) < 4.78 is 38.0. The maximum Gasteiger partial charge on any atom is 0.416 e. The van der Waals surface area contributed by atoms with Crippen molar-refractivity contribution < 1.29 is 22.8 Å². The van der Waals surface area contributed by atoms with E-state index in [-0.39, 0.29) is 5.56 Å². The van der Waals surface area contributed by atoms with Crippen molar-refractivity contribution in [1.29, 1.82) is 0 Å². The Kier molecular flexibility index (Phi) is 5.49. The Bertz CT molecular complexity index is 904. The van der Waals surface area contributed by atoms with Gasteiger partial charge >= 0.3 is 6.18 Å². The molecular formula is C19H20F3N3O2S.